The van der Waals surface area contributed by atoms with Crippen LogP contribution in [0.15, 0.2) is 70.2 Å². The van der Waals surface area contributed by atoms with Crippen LogP contribution in [0.3, 0.4) is 0 Å². The number of hydrogen-bond acceptors (Lipinski definition) is 5. The molecule has 0 aliphatic carbocycles. The molecule has 0 fully saturated rings. The summed E-state index contributed by atoms with van der Waals surface area (Å²) in [6, 6.07) is 16.8. The highest BCUT2D eigenvalue weighted by atomic mass is 79.9. The molecule has 0 bridgehead atoms. The minimum atomic E-state index is -0.647. The fraction of sp³-hybridized carbons (Fsp3) is 0.0870. The molecule has 0 spiro atoms. The van der Waals surface area contributed by atoms with Gasteiger partial charge in [-0.1, -0.05) is 51.3 Å². The van der Waals surface area contributed by atoms with E-state index in [4.69, 9.17) is 32.7 Å². The monoisotopic (exact) mass is 534 g/mol. The molecule has 3 rings (SSSR count). The van der Waals surface area contributed by atoms with Crippen LogP contribution in [0, 0.1) is 0 Å². The molecule has 0 saturated carbocycles. The van der Waals surface area contributed by atoms with Crippen LogP contribution in [0.4, 0.5) is 0 Å². The average molecular weight is 536 g/mol. The van der Waals surface area contributed by atoms with Gasteiger partial charge in [-0.05, 0) is 59.7 Å². The summed E-state index contributed by atoms with van der Waals surface area (Å²) in [7, 11) is 1.45. The zero-order valence-electron chi connectivity index (χ0n) is 16.8. The molecule has 164 valence electrons. The smallest absolute Gasteiger partial charge is 0.345 e. The molecular formula is C23H17BrCl2N2O4. The van der Waals surface area contributed by atoms with E-state index < -0.39 is 5.97 Å². The number of methoxy groups -OCH3 is 1. The number of esters is 1. The number of carbonyl (C=O) groups excluding carboxylic acids is 2. The van der Waals surface area contributed by atoms with E-state index in [9.17, 15) is 9.59 Å². The molecule has 1 N–H and O–H groups in total. The van der Waals surface area contributed by atoms with Gasteiger partial charge in [0.25, 0.3) is 0 Å². The highest BCUT2D eigenvalue weighted by Gasteiger charge is 2.16. The standard InChI is InChI=1S/C23H17BrCl2N2O4/c1-31-21-10-15(13-27-28-22(29)11-14-2-5-16(24)6-3-14)4-9-20(21)32-23(30)18-8-7-17(25)12-19(18)26/h2-10,12-13H,11H2,1H3,(H,28,29)/b27-13+. The Morgan fingerprint density at radius 2 is 1.78 bits per heavy atom. The Bertz CT molecular complexity index is 1170. The van der Waals surface area contributed by atoms with Crippen LogP contribution in [0.5, 0.6) is 11.5 Å². The van der Waals surface area contributed by atoms with E-state index in [-0.39, 0.29) is 28.7 Å². The number of rotatable bonds is 7. The summed E-state index contributed by atoms with van der Waals surface area (Å²) in [5, 5.41) is 4.56. The van der Waals surface area contributed by atoms with Gasteiger partial charge in [-0.25, -0.2) is 10.2 Å². The van der Waals surface area contributed by atoms with Crippen molar-refractivity contribution < 1.29 is 19.1 Å². The Kier molecular flexibility index (Phi) is 8.27. The molecule has 0 radical (unpaired) electrons. The summed E-state index contributed by atoms with van der Waals surface area (Å²) in [4.78, 5) is 24.5. The molecule has 6 nitrogen and oxygen atoms in total. The first-order chi connectivity index (χ1) is 15.4. The van der Waals surface area contributed by atoms with E-state index in [0.717, 1.165) is 10.0 Å². The molecule has 3 aromatic rings. The van der Waals surface area contributed by atoms with Gasteiger partial charge >= 0.3 is 5.97 Å². The number of amides is 1. The Labute approximate surface area is 203 Å². The van der Waals surface area contributed by atoms with Crippen LogP contribution < -0.4 is 14.9 Å². The number of nitrogens with zero attached hydrogens (tertiary/aromatic N) is 1. The van der Waals surface area contributed by atoms with Crippen LogP contribution >= 0.6 is 39.1 Å². The summed E-state index contributed by atoms with van der Waals surface area (Å²) in [5.41, 5.74) is 4.16. The van der Waals surface area contributed by atoms with Crippen LogP contribution in [-0.4, -0.2) is 25.2 Å². The third-order valence-electron chi connectivity index (χ3n) is 4.22. The summed E-state index contributed by atoms with van der Waals surface area (Å²) in [5.74, 6) is -0.374. The van der Waals surface area contributed by atoms with Crippen LogP contribution in [0.2, 0.25) is 10.0 Å². The molecule has 0 aromatic heterocycles. The van der Waals surface area contributed by atoms with Gasteiger partial charge in [0.1, 0.15) is 0 Å². The Hall–Kier alpha value is -2.87. The van der Waals surface area contributed by atoms with E-state index in [1.807, 2.05) is 24.3 Å². The first kappa shape index (κ1) is 23.8. The van der Waals surface area contributed by atoms with Gasteiger partial charge < -0.3 is 9.47 Å². The van der Waals surface area contributed by atoms with Gasteiger partial charge in [0.15, 0.2) is 11.5 Å². The maximum Gasteiger partial charge on any atom is 0.345 e. The van der Waals surface area contributed by atoms with Crippen molar-refractivity contribution in [3.8, 4) is 11.5 Å². The quantitative estimate of drug-likeness (QED) is 0.183. The number of carbonyl (C=O) groups is 2. The second-order valence-corrected chi connectivity index (χ2v) is 8.28. The lowest BCUT2D eigenvalue weighted by Crippen LogP contribution is -2.19. The number of halogens is 3. The third-order valence-corrected chi connectivity index (χ3v) is 5.30. The van der Waals surface area contributed by atoms with Crippen LogP contribution in [0.25, 0.3) is 0 Å². The van der Waals surface area contributed by atoms with Gasteiger partial charge in [-0.15, -0.1) is 0 Å². The lowest BCUT2D eigenvalue weighted by Gasteiger charge is -2.10. The first-order valence-electron chi connectivity index (χ1n) is 9.27. The minimum absolute atomic E-state index is 0.178. The average Bonchev–Trinajstić information content (AvgIpc) is 2.76. The number of benzene rings is 3. The predicted molar refractivity (Wildman–Crippen MR) is 128 cm³/mol. The first-order valence-corrected chi connectivity index (χ1v) is 10.8. The number of hydrazone groups is 1. The van der Waals surface area contributed by atoms with Crippen molar-refractivity contribution in [1.29, 1.82) is 0 Å². The molecule has 9 heteroatoms. The fourth-order valence-corrected chi connectivity index (χ4v) is 3.41. The van der Waals surface area contributed by atoms with Gasteiger partial charge in [-0.2, -0.15) is 5.10 Å². The van der Waals surface area contributed by atoms with Crippen molar-refractivity contribution >= 4 is 57.2 Å². The van der Waals surface area contributed by atoms with E-state index >= 15 is 0 Å². The highest BCUT2D eigenvalue weighted by Crippen LogP contribution is 2.30. The van der Waals surface area contributed by atoms with Gasteiger partial charge in [-0.3, -0.25) is 4.79 Å². The number of hydrogen-bond donors (Lipinski definition) is 1. The largest absolute Gasteiger partial charge is 0.493 e. The summed E-state index contributed by atoms with van der Waals surface area (Å²) < 4.78 is 11.7. The lowest BCUT2D eigenvalue weighted by atomic mass is 10.1. The normalized spacial score (nSPS) is 10.8. The molecule has 32 heavy (non-hydrogen) atoms. The molecule has 0 aliphatic rings. The van der Waals surface area contributed by atoms with Crippen molar-refractivity contribution in [3.05, 3.63) is 91.9 Å². The maximum atomic E-state index is 12.4. The Morgan fingerprint density at radius 1 is 1.03 bits per heavy atom. The van der Waals surface area contributed by atoms with Crippen LogP contribution in [-0.2, 0) is 11.2 Å². The van der Waals surface area contributed by atoms with Crippen molar-refractivity contribution in [2.24, 2.45) is 5.10 Å². The van der Waals surface area contributed by atoms with E-state index in [0.29, 0.717) is 16.3 Å². The zero-order chi connectivity index (χ0) is 23.1. The van der Waals surface area contributed by atoms with Crippen molar-refractivity contribution in [2.75, 3.05) is 7.11 Å². The topological polar surface area (TPSA) is 77.0 Å². The number of nitrogens with one attached hydrogen (secondary N) is 1. The minimum Gasteiger partial charge on any atom is -0.493 e. The molecule has 0 unspecified atom stereocenters. The number of ether oxygens (including phenoxy) is 2. The maximum absolute atomic E-state index is 12.4. The van der Waals surface area contributed by atoms with Crippen molar-refractivity contribution in [2.45, 2.75) is 6.42 Å². The molecule has 3 aromatic carbocycles. The van der Waals surface area contributed by atoms with Crippen LogP contribution in [0.1, 0.15) is 21.5 Å². The van der Waals surface area contributed by atoms with Gasteiger partial charge in [0, 0.05) is 9.50 Å². The van der Waals surface area contributed by atoms with Crippen molar-refractivity contribution in [1.82, 2.24) is 5.43 Å². The van der Waals surface area contributed by atoms with E-state index in [2.05, 4.69) is 26.5 Å². The second-order valence-electron chi connectivity index (χ2n) is 6.52. The third kappa shape index (κ3) is 6.56. The Balaban J connectivity index is 1.63. The summed E-state index contributed by atoms with van der Waals surface area (Å²) in [6.07, 6.45) is 1.67. The highest BCUT2D eigenvalue weighted by molar-refractivity contribution is 9.10. The zero-order valence-corrected chi connectivity index (χ0v) is 19.9. The molecule has 0 heterocycles. The van der Waals surface area contributed by atoms with E-state index in [1.54, 1.807) is 24.3 Å². The lowest BCUT2D eigenvalue weighted by molar-refractivity contribution is -0.120. The van der Waals surface area contributed by atoms with E-state index in [1.165, 1.54) is 25.5 Å². The Morgan fingerprint density at radius 3 is 2.47 bits per heavy atom. The van der Waals surface area contributed by atoms with Gasteiger partial charge in [0.05, 0.1) is 30.3 Å². The molecule has 0 saturated heterocycles. The van der Waals surface area contributed by atoms with Crippen molar-refractivity contribution in [3.63, 3.8) is 0 Å². The summed E-state index contributed by atoms with van der Waals surface area (Å²) in [6.45, 7) is 0. The molecule has 0 aliphatic heterocycles. The summed E-state index contributed by atoms with van der Waals surface area (Å²) >= 11 is 15.3. The molecule has 0 atom stereocenters. The second kappa shape index (κ2) is 11.1. The SMILES string of the molecule is COc1cc(/C=N/NC(=O)Cc2ccc(Br)cc2)ccc1OC(=O)c1ccc(Cl)cc1Cl. The predicted octanol–water partition coefficient (Wildman–Crippen LogP) is 5.68. The molecule has 1 amide bonds. The van der Waals surface area contributed by atoms with Gasteiger partial charge in [0.2, 0.25) is 5.91 Å². The molecular weight excluding hydrogens is 519 g/mol. The fourth-order valence-electron chi connectivity index (χ4n) is 2.66.